The number of piperazine rings is 1. The number of hydrogen-bond donors (Lipinski definition) is 1. The standard InChI is InChI=1S/C17H28N4O2.ClH/c1-19(2)13-14-23-16-6-4-3-5-15(16)20-9-11-21(12-10-20)17(22)7-8-18;/h3-6H,7-14,18H2,1-2H3;1H. The molecule has 0 saturated carbocycles. The molecule has 1 aliphatic rings. The fourth-order valence-electron chi connectivity index (χ4n) is 2.66. The smallest absolute Gasteiger partial charge is 0.223 e. The number of likely N-dealkylation sites (N-methyl/N-ethyl adjacent to an activating group) is 1. The first-order chi connectivity index (χ1) is 11.1. The van der Waals surface area contributed by atoms with E-state index in [9.17, 15) is 4.79 Å². The van der Waals surface area contributed by atoms with Crippen molar-refractivity contribution in [2.75, 3.05) is 64.9 Å². The van der Waals surface area contributed by atoms with Crippen LogP contribution in [0.5, 0.6) is 5.75 Å². The van der Waals surface area contributed by atoms with Gasteiger partial charge < -0.3 is 25.2 Å². The van der Waals surface area contributed by atoms with Crippen LogP contribution in [0.2, 0.25) is 0 Å². The Labute approximate surface area is 150 Å². The van der Waals surface area contributed by atoms with E-state index < -0.39 is 0 Å². The van der Waals surface area contributed by atoms with E-state index >= 15 is 0 Å². The quantitative estimate of drug-likeness (QED) is 0.791. The Balaban J connectivity index is 0.00000288. The molecule has 2 N–H and O–H groups in total. The van der Waals surface area contributed by atoms with Crippen LogP contribution in [0.4, 0.5) is 5.69 Å². The molecule has 1 amide bonds. The number of nitrogens with two attached hydrogens (primary N) is 1. The van der Waals surface area contributed by atoms with Gasteiger partial charge in [0.15, 0.2) is 0 Å². The third-order valence-electron chi connectivity index (χ3n) is 3.99. The second kappa shape index (κ2) is 10.4. The number of amides is 1. The van der Waals surface area contributed by atoms with E-state index in [2.05, 4.69) is 15.9 Å². The third-order valence-corrected chi connectivity index (χ3v) is 3.99. The second-order valence-electron chi connectivity index (χ2n) is 6.03. The first kappa shape index (κ1) is 20.5. The molecule has 0 spiro atoms. The Hall–Kier alpha value is -1.50. The number of hydrogen-bond acceptors (Lipinski definition) is 5. The first-order valence-electron chi connectivity index (χ1n) is 8.21. The number of halogens is 1. The summed E-state index contributed by atoms with van der Waals surface area (Å²) in [5.41, 5.74) is 6.57. The topological polar surface area (TPSA) is 62.0 Å². The zero-order valence-corrected chi connectivity index (χ0v) is 15.4. The zero-order chi connectivity index (χ0) is 16.7. The van der Waals surface area contributed by atoms with E-state index in [4.69, 9.17) is 10.5 Å². The van der Waals surface area contributed by atoms with E-state index in [0.717, 1.165) is 44.2 Å². The second-order valence-corrected chi connectivity index (χ2v) is 6.03. The molecule has 0 aromatic heterocycles. The number of anilines is 1. The molecule has 0 unspecified atom stereocenters. The molecular weight excluding hydrogens is 328 g/mol. The molecule has 0 atom stereocenters. The number of para-hydroxylation sites is 2. The Morgan fingerprint density at radius 3 is 2.50 bits per heavy atom. The van der Waals surface area contributed by atoms with Gasteiger partial charge >= 0.3 is 0 Å². The van der Waals surface area contributed by atoms with E-state index in [1.54, 1.807) is 0 Å². The fraction of sp³-hybridized carbons (Fsp3) is 0.588. The van der Waals surface area contributed by atoms with Gasteiger partial charge in [0.2, 0.25) is 5.91 Å². The number of benzene rings is 1. The zero-order valence-electron chi connectivity index (χ0n) is 14.6. The average molecular weight is 357 g/mol. The van der Waals surface area contributed by atoms with Crippen LogP contribution in [0.3, 0.4) is 0 Å². The van der Waals surface area contributed by atoms with E-state index in [1.807, 2.05) is 37.2 Å². The Morgan fingerprint density at radius 2 is 1.88 bits per heavy atom. The number of carbonyl (C=O) groups is 1. The lowest BCUT2D eigenvalue weighted by atomic mass is 10.2. The van der Waals surface area contributed by atoms with Crippen molar-refractivity contribution in [1.82, 2.24) is 9.80 Å². The van der Waals surface area contributed by atoms with Crippen LogP contribution in [0.15, 0.2) is 24.3 Å². The van der Waals surface area contributed by atoms with E-state index in [1.165, 1.54) is 0 Å². The minimum Gasteiger partial charge on any atom is -0.490 e. The highest BCUT2D eigenvalue weighted by molar-refractivity contribution is 5.85. The van der Waals surface area contributed by atoms with Crippen molar-refractivity contribution < 1.29 is 9.53 Å². The summed E-state index contributed by atoms with van der Waals surface area (Å²) in [6, 6.07) is 8.12. The van der Waals surface area contributed by atoms with Crippen LogP contribution in [0, 0.1) is 0 Å². The monoisotopic (exact) mass is 356 g/mol. The van der Waals surface area contributed by atoms with Gasteiger partial charge in [0.1, 0.15) is 12.4 Å². The van der Waals surface area contributed by atoms with Gasteiger partial charge in [0.05, 0.1) is 5.69 Å². The van der Waals surface area contributed by atoms with Gasteiger partial charge in [-0.1, -0.05) is 12.1 Å². The Morgan fingerprint density at radius 1 is 1.21 bits per heavy atom. The van der Waals surface area contributed by atoms with Crippen molar-refractivity contribution in [2.45, 2.75) is 6.42 Å². The molecule has 1 fully saturated rings. The SMILES string of the molecule is CN(C)CCOc1ccccc1N1CCN(C(=O)CCN)CC1.Cl. The number of ether oxygens (including phenoxy) is 1. The van der Waals surface area contributed by atoms with Gasteiger partial charge in [-0.3, -0.25) is 4.79 Å². The molecule has 6 nitrogen and oxygen atoms in total. The molecule has 1 heterocycles. The number of rotatable bonds is 7. The Bertz CT molecular complexity index is 505. The highest BCUT2D eigenvalue weighted by Gasteiger charge is 2.22. The van der Waals surface area contributed by atoms with E-state index in [0.29, 0.717) is 19.6 Å². The summed E-state index contributed by atoms with van der Waals surface area (Å²) in [5, 5.41) is 0. The summed E-state index contributed by atoms with van der Waals surface area (Å²) in [6.07, 6.45) is 0.435. The predicted octanol–water partition coefficient (Wildman–Crippen LogP) is 1.05. The van der Waals surface area contributed by atoms with Gasteiger partial charge in [-0.15, -0.1) is 12.4 Å². The fourth-order valence-corrected chi connectivity index (χ4v) is 2.66. The summed E-state index contributed by atoms with van der Waals surface area (Å²) >= 11 is 0. The highest BCUT2D eigenvalue weighted by atomic mass is 35.5. The molecule has 1 aromatic rings. The maximum atomic E-state index is 11.9. The van der Waals surface area contributed by atoms with Gasteiger partial charge in [0, 0.05) is 45.7 Å². The van der Waals surface area contributed by atoms with Crippen molar-refractivity contribution in [2.24, 2.45) is 5.73 Å². The van der Waals surface area contributed by atoms with Crippen LogP contribution < -0.4 is 15.4 Å². The van der Waals surface area contributed by atoms with Crippen LogP contribution in [-0.2, 0) is 4.79 Å². The van der Waals surface area contributed by atoms with Crippen molar-refractivity contribution in [1.29, 1.82) is 0 Å². The third kappa shape index (κ3) is 5.85. The summed E-state index contributed by atoms with van der Waals surface area (Å²) < 4.78 is 5.93. The molecule has 0 radical (unpaired) electrons. The van der Waals surface area contributed by atoms with Crippen LogP contribution >= 0.6 is 12.4 Å². The number of carbonyl (C=O) groups excluding carboxylic acids is 1. The maximum Gasteiger partial charge on any atom is 0.223 e. The molecule has 2 rings (SSSR count). The minimum absolute atomic E-state index is 0. The van der Waals surface area contributed by atoms with Crippen molar-refractivity contribution in [3.63, 3.8) is 0 Å². The Kier molecular flexibility index (Phi) is 8.89. The largest absolute Gasteiger partial charge is 0.490 e. The van der Waals surface area contributed by atoms with Crippen LogP contribution in [0.1, 0.15) is 6.42 Å². The van der Waals surface area contributed by atoms with Crippen molar-refractivity contribution >= 4 is 24.0 Å². The van der Waals surface area contributed by atoms with Crippen LogP contribution in [0.25, 0.3) is 0 Å². The van der Waals surface area contributed by atoms with Gasteiger partial charge in [0.25, 0.3) is 0 Å². The molecule has 1 aromatic carbocycles. The summed E-state index contributed by atoms with van der Waals surface area (Å²) in [7, 11) is 4.07. The van der Waals surface area contributed by atoms with Crippen molar-refractivity contribution in [3.8, 4) is 5.75 Å². The minimum atomic E-state index is 0. The summed E-state index contributed by atoms with van der Waals surface area (Å²) in [6.45, 7) is 5.10. The molecule has 7 heteroatoms. The molecule has 1 aliphatic heterocycles. The average Bonchev–Trinajstić information content (AvgIpc) is 2.55. The van der Waals surface area contributed by atoms with Crippen molar-refractivity contribution in [3.05, 3.63) is 24.3 Å². The summed E-state index contributed by atoms with van der Waals surface area (Å²) in [4.78, 5) is 18.2. The predicted molar refractivity (Wildman–Crippen MR) is 100 cm³/mol. The first-order valence-corrected chi connectivity index (χ1v) is 8.21. The van der Waals surface area contributed by atoms with Gasteiger partial charge in [-0.05, 0) is 26.2 Å². The molecule has 0 bridgehead atoms. The molecule has 0 aliphatic carbocycles. The lowest BCUT2D eigenvalue weighted by molar-refractivity contribution is -0.131. The van der Waals surface area contributed by atoms with Gasteiger partial charge in [-0.2, -0.15) is 0 Å². The molecule has 136 valence electrons. The van der Waals surface area contributed by atoms with E-state index in [-0.39, 0.29) is 18.3 Å². The van der Waals surface area contributed by atoms with Gasteiger partial charge in [-0.25, -0.2) is 0 Å². The molecule has 1 saturated heterocycles. The van der Waals surface area contributed by atoms with Crippen LogP contribution in [-0.4, -0.2) is 75.7 Å². The number of nitrogens with zero attached hydrogens (tertiary/aromatic N) is 3. The normalized spacial score (nSPS) is 14.5. The summed E-state index contributed by atoms with van der Waals surface area (Å²) in [5.74, 6) is 1.07. The molecular formula is C17H29ClN4O2. The lowest BCUT2D eigenvalue weighted by Gasteiger charge is -2.36. The molecule has 24 heavy (non-hydrogen) atoms. The maximum absolute atomic E-state index is 11.9. The highest BCUT2D eigenvalue weighted by Crippen LogP contribution is 2.28. The lowest BCUT2D eigenvalue weighted by Crippen LogP contribution is -2.49.